The Kier molecular flexibility index (Phi) is 45.2. The number of rotatable bonds is 48. The van der Waals surface area contributed by atoms with Gasteiger partial charge in [-0.15, -0.1) is 0 Å². The highest BCUT2D eigenvalue weighted by Gasteiger charge is 2.19. The Bertz CT molecular complexity index is 947. The third-order valence-electron chi connectivity index (χ3n) is 12.8. The van der Waals surface area contributed by atoms with Crippen molar-refractivity contribution in [2.75, 3.05) is 13.2 Å². The van der Waals surface area contributed by atoms with Gasteiger partial charge in [0.25, 0.3) is 0 Å². The van der Waals surface area contributed by atoms with Crippen LogP contribution in [0.5, 0.6) is 0 Å². The highest BCUT2D eigenvalue weighted by atomic mass is 16.6. The summed E-state index contributed by atoms with van der Waals surface area (Å²) in [6.07, 6.45) is 46.5. The van der Waals surface area contributed by atoms with Gasteiger partial charge in [-0.25, -0.2) is 0 Å². The SMILES string of the molecule is CCC(C)CCCCCCCCCCC(=O)OC[C@@H](COC(=O)CCCCCCCCCCCCCCC(C)C)OC(=O)CCCCCCCCCCCCCCCC(C)C. The zero-order valence-electron chi connectivity index (χ0n) is 42.0. The van der Waals surface area contributed by atoms with Crippen molar-refractivity contribution in [2.45, 2.75) is 304 Å². The molecule has 0 amide bonds. The Hall–Kier alpha value is -1.59. The summed E-state index contributed by atoms with van der Waals surface area (Å²) in [7, 11) is 0. The number of carbonyl (C=O) groups is 3. The van der Waals surface area contributed by atoms with Crippen LogP contribution in [0.3, 0.4) is 0 Å². The minimum absolute atomic E-state index is 0.0644. The lowest BCUT2D eigenvalue weighted by Crippen LogP contribution is -2.30. The maximum Gasteiger partial charge on any atom is 0.306 e. The lowest BCUT2D eigenvalue weighted by atomic mass is 9.99. The molecule has 0 aliphatic carbocycles. The first kappa shape index (κ1) is 59.4. The van der Waals surface area contributed by atoms with E-state index in [2.05, 4.69) is 41.5 Å². The lowest BCUT2D eigenvalue weighted by Gasteiger charge is -2.18. The van der Waals surface area contributed by atoms with Gasteiger partial charge in [-0.2, -0.15) is 0 Å². The molecular formula is C55H106O6. The van der Waals surface area contributed by atoms with Gasteiger partial charge in [0.2, 0.25) is 0 Å². The van der Waals surface area contributed by atoms with Gasteiger partial charge in [0.05, 0.1) is 0 Å². The fraction of sp³-hybridized carbons (Fsp3) is 0.945. The Morgan fingerprint density at radius 2 is 0.574 bits per heavy atom. The van der Waals surface area contributed by atoms with E-state index < -0.39 is 6.10 Å². The van der Waals surface area contributed by atoms with Crippen LogP contribution in [0.1, 0.15) is 298 Å². The van der Waals surface area contributed by atoms with E-state index in [1.165, 1.54) is 180 Å². The second-order valence-corrected chi connectivity index (χ2v) is 20.1. The molecule has 0 saturated heterocycles. The Balaban J connectivity index is 4.32. The summed E-state index contributed by atoms with van der Waals surface area (Å²) in [4.78, 5) is 38.0. The molecule has 0 aromatic heterocycles. The number of hydrogen-bond donors (Lipinski definition) is 0. The molecule has 0 aromatic rings. The van der Waals surface area contributed by atoms with Gasteiger partial charge >= 0.3 is 17.9 Å². The summed E-state index contributed by atoms with van der Waals surface area (Å²) in [6.45, 7) is 13.7. The second-order valence-electron chi connectivity index (χ2n) is 20.1. The number of unbranched alkanes of at least 4 members (excludes halogenated alkanes) is 30. The van der Waals surface area contributed by atoms with Gasteiger partial charge < -0.3 is 14.2 Å². The largest absolute Gasteiger partial charge is 0.462 e. The van der Waals surface area contributed by atoms with E-state index in [4.69, 9.17) is 14.2 Å². The first-order valence-electron chi connectivity index (χ1n) is 27.1. The van der Waals surface area contributed by atoms with E-state index in [1.807, 2.05) is 0 Å². The van der Waals surface area contributed by atoms with E-state index in [1.54, 1.807) is 0 Å². The maximum absolute atomic E-state index is 12.8. The van der Waals surface area contributed by atoms with Crippen LogP contribution in [0, 0.1) is 17.8 Å². The van der Waals surface area contributed by atoms with Crippen molar-refractivity contribution in [1.82, 2.24) is 0 Å². The molecule has 1 unspecified atom stereocenters. The average molecular weight is 863 g/mol. The van der Waals surface area contributed by atoms with E-state index in [0.29, 0.717) is 19.3 Å². The molecule has 0 saturated carbocycles. The summed E-state index contributed by atoms with van der Waals surface area (Å²) in [5.74, 6) is 1.67. The number of esters is 3. The molecule has 61 heavy (non-hydrogen) atoms. The molecule has 0 aliphatic rings. The van der Waals surface area contributed by atoms with Crippen LogP contribution in [0.15, 0.2) is 0 Å². The Morgan fingerprint density at radius 3 is 0.852 bits per heavy atom. The minimum atomic E-state index is -0.763. The molecule has 0 fully saturated rings. The molecule has 0 bridgehead atoms. The van der Waals surface area contributed by atoms with Crippen LogP contribution >= 0.6 is 0 Å². The van der Waals surface area contributed by atoms with Gasteiger partial charge in [0, 0.05) is 19.3 Å². The molecule has 362 valence electrons. The standard InChI is InChI=1S/C55H106O6/c1-7-51(6)43-37-31-25-21-22-27-33-39-45-54(57)60-48-52(47-59-53(56)44-38-32-26-19-15-12-11-14-18-24-30-36-42-50(4)5)61-55(58)46-40-34-28-20-16-10-8-9-13-17-23-29-35-41-49(2)3/h49-52H,7-48H2,1-6H3/t51?,52-/m1/s1. The molecule has 0 radical (unpaired) electrons. The average Bonchev–Trinajstić information content (AvgIpc) is 3.23. The van der Waals surface area contributed by atoms with Gasteiger partial charge in [-0.1, -0.05) is 260 Å². The topological polar surface area (TPSA) is 78.9 Å². The van der Waals surface area contributed by atoms with Crippen molar-refractivity contribution in [3.63, 3.8) is 0 Å². The van der Waals surface area contributed by atoms with Crippen LogP contribution in [-0.4, -0.2) is 37.2 Å². The third-order valence-corrected chi connectivity index (χ3v) is 12.8. The summed E-state index contributed by atoms with van der Waals surface area (Å²) in [5, 5.41) is 0. The minimum Gasteiger partial charge on any atom is -0.462 e. The Morgan fingerprint density at radius 1 is 0.328 bits per heavy atom. The first-order valence-corrected chi connectivity index (χ1v) is 27.1. The van der Waals surface area contributed by atoms with Crippen LogP contribution in [0.4, 0.5) is 0 Å². The molecule has 0 rings (SSSR count). The van der Waals surface area contributed by atoms with Crippen LogP contribution in [0.2, 0.25) is 0 Å². The summed E-state index contributed by atoms with van der Waals surface area (Å²) in [6, 6.07) is 0. The Labute approximate surface area is 380 Å². The molecule has 2 atom stereocenters. The maximum atomic E-state index is 12.8. The molecular weight excluding hydrogens is 757 g/mol. The van der Waals surface area contributed by atoms with Crippen molar-refractivity contribution in [1.29, 1.82) is 0 Å². The molecule has 0 spiro atoms. The van der Waals surface area contributed by atoms with Gasteiger partial charge in [-0.05, 0) is 37.0 Å². The molecule has 6 heteroatoms. The quantitative estimate of drug-likeness (QED) is 0.0344. The van der Waals surface area contributed by atoms with E-state index >= 15 is 0 Å². The van der Waals surface area contributed by atoms with Crippen molar-refractivity contribution >= 4 is 17.9 Å². The first-order chi connectivity index (χ1) is 29.6. The summed E-state index contributed by atoms with van der Waals surface area (Å²) < 4.78 is 16.8. The normalized spacial score (nSPS) is 12.6. The second kappa shape index (κ2) is 46.4. The van der Waals surface area contributed by atoms with E-state index in [-0.39, 0.29) is 31.1 Å². The van der Waals surface area contributed by atoms with Crippen LogP contribution in [0.25, 0.3) is 0 Å². The fourth-order valence-corrected chi connectivity index (χ4v) is 8.26. The van der Waals surface area contributed by atoms with Crippen molar-refractivity contribution < 1.29 is 28.6 Å². The fourth-order valence-electron chi connectivity index (χ4n) is 8.26. The van der Waals surface area contributed by atoms with Crippen LogP contribution in [-0.2, 0) is 28.6 Å². The van der Waals surface area contributed by atoms with Crippen LogP contribution < -0.4 is 0 Å². The number of carbonyl (C=O) groups excluding carboxylic acids is 3. The molecule has 0 N–H and O–H groups in total. The zero-order chi connectivity index (χ0) is 44.9. The number of ether oxygens (including phenoxy) is 3. The van der Waals surface area contributed by atoms with Crippen molar-refractivity contribution in [2.24, 2.45) is 17.8 Å². The van der Waals surface area contributed by atoms with Crippen molar-refractivity contribution in [3.05, 3.63) is 0 Å². The van der Waals surface area contributed by atoms with Gasteiger partial charge in [-0.3, -0.25) is 14.4 Å². The van der Waals surface area contributed by atoms with Gasteiger partial charge in [0.1, 0.15) is 13.2 Å². The van der Waals surface area contributed by atoms with Gasteiger partial charge in [0.15, 0.2) is 6.10 Å². The van der Waals surface area contributed by atoms with E-state index in [0.717, 1.165) is 75.5 Å². The highest BCUT2D eigenvalue weighted by molar-refractivity contribution is 5.71. The molecule has 0 aromatic carbocycles. The predicted molar refractivity (Wildman–Crippen MR) is 261 cm³/mol. The summed E-state index contributed by atoms with van der Waals surface area (Å²) in [5.41, 5.74) is 0. The molecule has 6 nitrogen and oxygen atoms in total. The van der Waals surface area contributed by atoms with E-state index in [9.17, 15) is 14.4 Å². The predicted octanol–water partition coefficient (Wildman–Crippen LogP) is 17.6. The molecule has 0 aliphatic heterocycles. The lowest BCUT2D eigenvalue weighted by molar-refractivity contribution is -0.167. The number of hydrogen-bond acceptors (Lipinski definition) is 6. The third kappa shape index (κ3) is 47.7. The zero-order valence-corrected chi connectivity index (χ0v) is 42.0. The molecule has 0 heterocycles. The van der Waals surface area contributed by atoms with Crippen molar-refractivity contribution in [3.8, 4) is 0 Å². The highest BCUT2D eigenvalue weighted by Crippen LogP contribution is 2.18. The summed E-state index contributed by atoms with van der Waals surface area (Å²) >= 11 is 0. The smallest absolute Gasteiger partial charge is 0.306 e. The monoisotopic (exact) mass is 863 g/mol.